The summed E-state index contributed by atoms with van der Waals surface area (Å²) in [5, 5.41) is 9.37. The quantitative estimate of drug-likeness (QED) is 0.774. The topological polar surface area (TPSA) is 104 Å². The van der Waals surface area contributed by atoms with Crippen molar-refractivity contribution >= 4 is 17.9 Å². The summed E-state index contributed by atoms with van der Waals surface area (Å²) in [7, 11) is 0. The lowest BCUT2D eigenvalue weighted by Crippen LogP contribution is -2.57. The highest BCUT2D eigenvalue weighted by Gasteiger charge is 2.39. The molecule has 2 rings (SSSR count). The van der Waals surface area contributed by atoms with Crippen LogP contribution in [0.2, 0.25) is 0 Å². The number of carboxylic acid groups (broad SMARTS) is 1. The van der Waals surface area contributed by atoms with Crippen LogP contribution in [-0.2, 0) is 9.59 Å². The standard InChI is InChI=1S/C14H23N3O4/c1-9-3-2-6-17(11(9)13(19)20)14(21)16-7-4-10(5-8-16)12(15)18/h9-11H,2-8H2,1H3,(H2,15,18)(H,19,20). The molecule has 2 heterocycles. The Balaban J connectivity index is 2.02. The van der Waals surface area contributed by atoms with Gasteiger partial charge in [0, 0.05) is 25.6 Å². The van der Waals surface area contributed by atoms with Crippen molar-refractivity contribution in [1.29, 1.82) is 0 Å². The lowest BCUT2D eigenvalue weighted by Gasteiger charge is -2.41. The number of rotatable bonds is 2. The van der Waals surface area contributed by atoms with E-state index in [1.807, 2.05) is 6.92 Å². The Labute approximate surface area is 124 Å². The van der Waals surface area contributed by atoms with Crippen molar-refractivity contribution < 1.29 is 19.5 Å². The highest BCUT2D eigenvalue weighted by molar-refractivity contribution is 5.83. The van der Waals surface area contributed by atoms with Crippen LogP contribution in [0.5, 0.6) is 0 Å². The smallest absolute Gasteiger partial charge is 0.326 e. The predicted molar refractivity (Wildman–Crippen MR) is 75.4 cm³/mol. The molecule has 0 aromatic heterocycles. The number of hydrogen-bond donors (Lipinski definition) is 2. The highest BCUT2D eigenvalue weighted by Crippen LogP contribution is 2.26. The molecule has 0 radical (unpaired) electrons. The summed E-state index contributed by atoms with van der Waals surface area (Å²) in [4.78, 5) is 38.3. The van der Waals surface area contributed by atoms with Crippen LogP contribution in [0.4, 0.5) is 4.79 Å². The molecular formula is C14H23N3O4. The second-order valence-corrected chi connectivity index (χ2v) is 6.04. The maximum Gasteiger partial charge on any atom is 0.326 e. The Hall–Kier alpha value is -1.79. The van der Waals surface area contributed by atoms with Gasteiger partial charge in [0.25, 0.3) is 0 Å². The van der Waals surface area contributed by atoms with E-state index in [9.17, 15) is 19.5 Å². The monoisotopic (exact) mass is 297 g/mol. The van der Waals surface area contributed by atoms with E-state index in [-0.39, 0.29) is 23.8 Å². The number of nitrogens with zero attached hydrogens (tertiary/aromatic N) is 2. The predicted octanol–water partition coefficient (Wildman–Crippen LogP) is 0.489. The Morgan fingerprint density at radius 3 is 2.24 bits per heavy atom. The molecule has 118 valence electrons. The van der Waals surface area contributed by atoms with E-state index in [0.717, 1.165) is 12.8 Å². The maximum atomic E-state index is 12.6. The Morgan fingerprint density at radius 1 is 1.10 bits per heavy atom. The molecule has 21 heavy (non-hydrogen) atoms. The number of carbonyl (C=O) groups excluding carboxylic acids is 2. The minimum Gasteiger partial charge on any atom is -0.480 e. The van der Waals surface area contributed by atoms with Crippen molar-refractivity contribution in [2.24, 2.45) is 17.6 Å². The minimum atomic E-state index is -0.942. The van der Waals surface area contributed by atoms with Gasteiger partial charge in [-0.05, 0) is 31.6 Å². The fourth-order valence-corrected chi connectivity index (χ4v) is 3.32. The molecule has 2 aliphatic rings. The number of piperidine rings is 2. The van der Waals surface area contributed by atoms with E-state index >= 15 is 0 Å². The van der Waals surface area contributed by atoms with Crippen LogP contribution in [0.1, 0.15) is 32.6 Å². The molecule has 2 atom stereocenters. The molecule has 0 spiro atoms. The van der Waals surface area contributed by atoms with Gasteiger partial charge in [0.2, 0.25) is 5.91 Å². The molecule has 0 aromatic carbocycles. The lowest BCUT2D eigenvalue weighted by molar-refractivity contribution is -0.145. The fourth-order valence-electron chi connectivity index (χ4n) is 3.32. The van der Waals surface area contributed by atoms with Crippen molar-refractivity contribution in [2.45, 2.75) is 38.6 Å². The summed E-state index contributed by atoms with van der Waals surface area (Å²) in [6.07, 6.45) is 2.77. The third-order valence-electron chi connectivity index (χ3n) is 4.60. The molecule has 3 N–H and O–H groups in total. The third-order valence-corrected chi connectivity index (χ3v) is 4.60. The van der Waals surface area contributed by atoms with Crippen molar-refractivity contribution in [3.05, 3.63) is 0 Å². The summed E-state index contributed by atoms with van der Waals surface area (Å²) in [5.74, 6) is -1.48. The molecule has 2 saturated heterocycles. The normalized spacial score (nSPS) is 27.5. The molecule has 2 unspecified atom stereocenters. The number of hydrogen-bond acceptors (Lipinski definition) is 3. The highest BCUT2D eigenvalue weighted by atomic mass is 16.4. The summed E-state index contributed by atoms with van der Waals surface area (Å²) < 4.78 is 0. The SMILES string of the molecule is CC1CCCN(C(=O)N2CCC(C(N)=O)CC2)C1C(=O)O. The van der Waals surface area contributed by atoms with Crippen molar-refractivity contribution in [3.8, 4) is 0 Å². The van der Waals surface area contributed by atoms with E-state index < -0.39 is 12.0 Å². The van der Waals surface area contributed by atoms with Gasteiger partial charge in [0.15, 0.2) is 0 Å². The lowest BCUT2D eigenvalue weighted by atomic mass is 9.91. The van der Waals surface area contributed by atoms with E-state index in [4.69, 9.17) is 5.73 Å². The number of carbonyl (C=O) groups is 3. The van der Waals surface area contributed by atoms with Gasteiger partial charge in [-0.15, -0.1) is 0 Å². The number of urea groups is 1. The van der Waals surface area contributed by atoms with E-state index in [1.165, 1.54) is 4.90 Å². The minimum absolute atomic E-state index is 0.0386. The van der Waals surface area contributed by atoms with Crippen LogP contribution >= 0.6 is 0 Å². The van der Waals surface area contributed by atoms with Crippen molar-refractivity contribution in [1.82, 2.24) is 9.80 Å². The van der Waals surface area contributed by atoms with Gasteiger partial charge in [0.05, 0.1) is 0 Å². The summed E-state index contributed by atoms with van der Waals surface area (Å²) in [5.41, 5.74) is 5.28. The van der Waals surface area contributed by atoms with Crippen LogP contribution in [0.3, 0.4) is 0 Å². The number of amides is 3. The van der Waals surface area contributed by atoms with Gasteiger partial charge in [-0.25, -0.2) is 9.59 Å². The first-order valence-corrected chi connectivity index (χ1v) is 7.49. The first kappa shape index (κ1) is 15.6. The number of likely N-dealkylation sites (tertiary alicyclic amines) is 2. The van der Waals surface area contributed by atoms with Crippen LogP contribution < -0.4 is 5.73 Å². The molecule has 0 saturated carbocycles. The van der Waals surface area contributed by atoms with Crippen LogP contribution in [0.15, 0.2) is 0 Å². The van der Waals surface area contributed by atoms with Crippen LogP contribution in [0, 0.1) is 11.8 Å². The fraction of sp³-hybridized carbons (Fsp3) is 0.786. The molecule has 7 nitrogen and oxygen atoms in total. The van der Waals surface area contributed by atoms with Crippen LogP contribution in [-0.4, -0.2) is 58.5 Å². The number of carboxylic acids is 1. The Morgan fingerprint density at radius 2 is 1.71 bits per heavy atom. The summed E-state index contributed by atoms with van der Waals surface area (Å²) >= 11 is 0. The number of primary amides is 1. The second kappa shape index (κ2) is 6.32. The first-order chi connectivity index (χ1) is 9.91. The van der Waals surface area contributed by atoms with Gasteiger partial charge < -0.3 is 20.6 Å². The molecule has 0 aliphatic carbocycles. The first-order valence-electron chi connectivity index (χ1n) is 7.49. The number of aliphatic carboxylic acids is 1. The molecular weight excluding hydrogens is 274 g/mol. The zero-order valence-electron chi connectivity index (χ0n) is 12.3. The summed E-state index contributed by atoms with van der Waals surface area (Å²) in [6, 6.07) is -0.975. The summed E-state index contributed by atoms with van der Waals surface area (Å²) in [6.45, 7) is 3.28. The molecule has 2 fully saturated rings. The molecule has 3 amide bonds. The van der Waals surface area contributed by atoms with Gasteiger partial charge >= 0.3 is 12.0 Å². The van der Waals surface area contributed by atoms with Gasteiger partial charge in [-0.2, -0.15) is 0 Å². The Bertz CT molecular complexity index is 432. The number of nitrogens with two attached hydrogens (primary N) is 1. The van der Waals surface area contributed by atoms with E-state index in [0.29, 0.717) is 32.5 Å². The molecule has 0 aromatic rings. The molecule has 7 heteroatoms. The molecule has 2 aliphatic heterocycles. The van der Waals surface area contributed by atoms with Gasteiger partial charge in [-0.3, -0.25) is 4.79 Å². The largest absolute Gasteiger partial charge is 0.480 e. The van der Waals surface area contributed by atoms with Crippen LogP contribution in [0.25, 0.3) is 0 Å². The van der Waals surface area contributed by atoms with Gasteiger partial charge in [0.1, 0.15) is 6.04 Å². The zero-order valence-corrected chi connectivity index (χ0v) is 12.3. The average molecular weight is 297 g/mol. The molecule has 0 bridgehead atoms. The van der Waals surface area contributed by atoms with E-state index in [2.05, 4.69) is 0 Å². The average Bonchev–Trinajstić information content (AvgIpc) is 2.46. The van der Waals surface area contributed by atoms with Gasteiger partial charge in [-0.1, -0.05) is 6.92 Å². The Kier molecular flexibility index (Phi) is 4.69. The maximum absolute atomic E-state index is 12.6. The van der Waals surface area contributed by atoms with E-state index in [1.54, 1.807) is 4.90 Å². The second-order valence-electron chi connectivity index (χ2n) is 6.04. The van der Waals surface area contributed by atoms with Crippen molar-refractivity contribution in [3.63, 3.8) is 0 Å². The zero-order chi connectivity index (χ0) is 15.6. The third kappa shape index (κ3) is 3.28. The van der Waals surface area contributed by atoms with Crippen molar-refractivity contribution in [2.75, 3.05) is 19.6 Å².